The first-order chi connectivity index (χ1) is 14.7. The Morgan fingerprint density at radius 2 is 1.65 bits per heavy atom. The van der Waals surface area contributed by atoms with Gasteiger partial charge in [-0.15, -0.1) is 11.8 Å². The Balaban J connectivity index is 2.14. The van der Waals surface area contributed by atoms with Crippen molar-refractivity contribution in [2.45, 2.75) is 57.1 Å². The quantitative estimate of drug-likeness (QED) is 0.380. The lowest BCUT2D eigenvalue weighted by Crippen LogP contribution is -2.49. The maximum atomic E-state index is 13.1. The fraction of sp³-hybridized carbons (Fsp3) is 0.391. The molecule has 0 heterocycles. The summed E-state index contributed by atoms with van der Waals surface area (Å²) in [7, 11) is 0. The van der Waals surface area contributed by atoms with Crippen molar-refractivity contribution >= 4 is 58.4 Å². The Morgan fingerprint density at radius 1 is 1.03 bits per heavy atom. The molecule has 0 fully saturated rings. The third-order valence-corrected chi connectivity index (χ3v) is 6.93. The van der Waals surface area contributed by atoms with Crippen LogP contribution in [0, 0.1) is 0 Å². The summed E-state index contributed by atoms with van der Waals surface area (Å²) in [6, 6.07) is 12.0. The van der Waals surface area contributed by atoms with Crippen LogP contribution in [0.25, 0.3) is 0 Å². The van der Waals surface area contributed by atoms with Gasteiger partial charge in [-0.3, -0.25) is 9.59 Å². The number of carbonyl (C=O) groups is 2. The van der Waals surface area contributed by atoms with E-state index in [0.717, 1.165) is 11.3 Å². The van der Waals surface area contributed by atoms with Gasteiger partial charge in [-0.25, -0.2) is 0 Å². The molecule has 0 aromatic heterocycles. The third-order valence-electron chi connectivity index (χ3n) is 4.96. The van der Waals surface area contributed by atoms with Crippen molar-refractivity contribution in [1.29, 1.82) is 0 Å². The summed E-state index contributed by atoms with van der Waals surface area (Å²) in [5.41, 5.74) is 0.632. The number of nitrogens with one attached hydrogen (secondary N) is 1. The maximum absolute atomic E-state index is 13.1. The third kappa shape index (κ3) is 7.90. The number of hydrogen-bond acceptors (Lipinski definition) is 3. The minimum Gasteiger partial charge on any atom is -0.352 e. The summed E-state index contributed by atoms with van der Waals surface area (Å²) in [5, 5.41) is 4.56. The molecule has 1 N–H and O–H groups in total. The molecule has 0 aliphatic heterocycles. The molecule has 0 unspecified atom stereocenters. The van der Waals surface area contributed by atoms with E-state index in [0.29, 0.717) is 26.4 Å². The summed E-state index contributed by atoms with van der Waals surface area (Å²) < 4.78 is 0. The van der Waals surface area contributed by atoms with E-state index in [-0.39, 0.29) is 30.8 Å². The number of nitrogens with zero attached hydrogens (tertiary/aromatic N) is 1. The van der Waals surface area contributed by atoms with E-state index in [1.165, 1.54) is 0 Å². The Kier molecular flexibility index (Phi) is 10.5. The summed E-state index contributed by atoms with van der Waals surface area (Å²) in [6.07, 6.45) is 1.08. The molecule has 0 saturated carbocycles. The average molecular weight is 502 g/mol. The topological polar surface area (TPSA) is 49.4 Å². The molecule has 8 heteroatoms. The van der Waals surface area contributed by atoms with Gasteiger partial charge >= 0.3 is 0 Å². The van der Waals surface area contributed by atoms with Gasteiger partial charge in [-0.2, -0.15) is 0 Å². The van der Waals surface area contributed by atoms with E-state index >= 15 is 0 Å². The molecule has 2 rings (SSSR count). The van der Waals surface area contributed by atoms with Gasteiger partial charge < -0.3 is 10.2 Å². The molecule has 0 spiro atoms. The zero-order valence-electron chi connectivity index (χ0n) is 17.8. The smallest absolute Gasteiger partial charge is 0.242 e. The fourth-order valence-electron chi connectivity index (χ4n) is 2.83. The fourth-order valence-corrected chi connectivity index (χ4v) is 4.32. The Labute approximate surface area is 203 Å². The second-order valence-corrected chi connectivity index (χ2v) is 9.69. The van der Waals surface area contributed by atoms with Crippen LogP contribution in [0.15, 0.2) is 47.4 Å². The molecule has 0 saturated heterocycles. The highest BCUT2D eigenvalue weighted by atomic mass is 35.5. The Morgan fingerprint density at radius 3 is 2.23 bits per heavy atom. The summed E-state index contributed by atoms with van der Waals surface area (Å²) in [6.45, 7) is 5.82. The van der Waals surface area contributed by atoms with Crippen LogP contribution in [-0.4, -0.2) is 34.6 Å². The van der Waals surface area contributed by atoms with Crippen LogP contribution in [0.4, 0.5) is 0 Å². The second-order valence-electron chi connectivity index (χ2n) is 7.27. The van der Waals surface area contributed by atoms with Gasteiger partial charge in [-0.05, 0) is 56.7 Å². The number of halogens is 3. The average Bonchev–Trinajstić information content (AvgIpc) is 2.74. The van der Waals surface area contributed by atoms with Crippen LogP contribution < -0.4 is 5.32 Å². The molecule has 2 aromatic carbocycles. The van der Waals surface area contributed by atoms with E-state index in [2.05, 4.69) is 5.32 Å². The first-order valence-corrected chi connectivity index (χ1v) is 12.3. The van der Waals surface area contributed by atoms with Crippen molar-refractivity contribution in [3.63, 3.8) is 0 Å². The molecule has 31 heavy (non-hydrogen) atoms. The van der Waals surface area contributed by atoms with Crippen LogP contribution in [0.5, 0.6) is 0 Å². The van der Waals surface area contributed by atoms with Gasteiger partial charge in [0.05, 0.1) is 0 Å². The van der Waals surface area contributed by atoms with Crippen molar-refractivity contribution in [2.24, 2.45) is 0 Å². The maximum Gasteiger partial charge on any atom is 0.242 e. The monoisotopic (exact) mass is 500 g/mol. The zero-order chi connectivity index (χ0) is 23.0. The molecule has 2 atom stereocenters. The van der Waals surface area contributed by atoms with Crippen LogP contribution in [-0.2, 0) is 16.1 Å². The van der Waals surface area contributed by atoms with Gasteiger partial charge in [0.1, 0.15) is 6.04 Å². The predicted octanol–water partition coefficient (Wildman–Crippen LogP) is 6.46. The van der Waals surface area contributed by atoms with Crippen LogP contribution in [0.2, 0.25) is 15.1 Å². The van der Waals surface area contributed by atoms with E-state index in [4.69, 9.17) is 34.8 Å². The number of rotatable bonds is 10. The van der Waals surface area contributed by atoms with Crippen molar-refractivity contribution in [1.82, 2.24) is 10.2 Å². The highest BCUT2D eigenvalue weighted by molar-refractivity contribution is 7.99. The number of thioether (sulfide) groups is 1. The molecule has 2 aromatic rings. The normalized spacial score (nSPS) is 12.8. The lowest BCUT2D eigenvalue weighted by Gasteiger charge is -2.30. The number of carbonyl (C=O) groups excluding carboxylic acids is 2. The molecular formula is C23H27Cl3N2O2S. The van der Waals surface area contributed by atoms with Crippen LogP contribution in [0.3, 0.4) is 0 Å². The van der Waals surface area contributed by atoms with Crippen molar-refractivity contribution in [3.05, 3.63) is 63.1 Å². The lowest BCUT2D eigenvalue weighted by molar-refractivity contribution is -0.140. The van der Waals surface area contributed by atoms with Gasteiger partial charge in [0, 0.05) is 50.3 Å². The van der Waals surface area contributed by atoms with Crippen molar-refractivity contribution in [2.75, 3.05) is 5.75 Å². The highest BCUT2D eigenvalue weighted by Gasteiger charge is 2.27. The van der Waals surface area contributed by atoms with Crippen LogP contribution in [0.1, 0.15) is 39.2 Å². The van der Waals surface area contributed by atoms with Gasteiger partial charge in [0.15, 0.2) is 0 Å². The summed E-state index contributed by atoms with van der Waals surface area (Å²) in [4.78, 5) is 28.5. The number of hydrogen-bond donors (Lipinski definition) is 1. The molecule has 0 bridgehead atoms. The van der Waals surface area contributed by atoms with E-state index in [1.54, 1.807) is 41.8 Å². The molecule has 0 radical (unpaired) electrons. The Hall–Kier alpha value is -1.40. The van der Waals surface area contributed by atoms with Crippen LogP contribution >= 0.6 is 46.6 Å². The molecule has 0 aliphatic carbocycles. The standard InChI is InChI=1S/C23H27Cl3N2O2S/c1-4-15(2)27-23(30)16(3)28(14-19-20(25)6-5-7-21(19)26)22(29)12-13-31-18-10-8-17(24)9-11-18/h5-11,15-16H,4,12-14H2,1-3H3,(H,27,30)/t15-,16+/m0/s1. The predicted molar refractivity (Wildman–Crippen MR) is 131 cm³/mol. The molecule has 2 amide bonds. The van der Waals surface area contributed by atoms with Gasteiger partial charge in [0.25, 0.3) is 0 Å². The lowest BCUT2D eigenvalue weighted by atomic mass is 10.1. The zero-order valence-corrected chi connectivity index (χ0v) is 20.9. The Bertz CT molecular complexity index is 873. The molecule has 0 aliphatic rings. The van der Waals surface area contributed by atoms with E-state index < -0.39 is 6.04 Å². The van der Waals surface area contributed by atoms with Gasteiger partial charge in [0.2, 0.25) is 11.8 Å². The van der Waals surface area contributed by atoms with E-state index in [1.807, 2.05) is 38.1 Å². The SMILES string of the molecule is CC[C@H](C)NC(=O)[C@@H](C)N(Cc1c(Cl)cccc1Cl)C(=O)CCSc1ccc(Cl)cc1. The minimum absolute atomic E-state index is 0.0243. The van der Waals surface area contributed by atoms with Gasteiger partial charge in [-0.1, -0.05) is 47.8 Å². The minimum atomic E-state index is -0.658. The first-order valence-electron chi connectivity index (χ1n) is 10.1. The number of amides is 2. The van der Waals surface area contributed by atoms with Crippen molar-refractivity contribution in [3.8, 4) is 0 Å². The molecule has 4 nitrogen and oxygen atoms in total. The van der Waals surface area contributed by atoms with Crippen molar-refractivity contribution < 1.29 is 9.59 Å². The first kappa shape index (κ1) is 25.9. The largest absolute Gasteiger partial charge is 0.352 e. The second kappa shape index (κ2) is 12.6. The molecular weight excluding hydrogens is 475 g/mol. The van der Waals surface area contributed by atoms with E-state index in [9.17, 15) is 9.59 Å². The number of benzene rings is 2. The summed E-state index contributed by atoms with van der Waals surface area (Å²) in [5.74, 6) is 0.243. The highest BCUT2D eigenvalue weighted by Crippen LogP contribution is 2.27. The summed E-state index contributed by atoms with van der Waals surface area (Å²) >= 11 is 20.1. The molecule has 168 valence electrons.